The van der Waals surface area contributed by atoms with E-state index in [1.165, 1.54) is 12.8 Å². The van der Waals surface area contributed by atoms with Crippen LogP contribution in [0.5, 0.6) is 0 Å². The second-order valence-corrected chi connectivity index (χ2v) is 8.30. The maximum Gasteiger partial charge on any atom is 0.243 e. The van der Waals surface area contributed by atoms with Crippen LogP contribution in [0.1, 0.15) is 32.1 Å². The zero-order chi connectivity index (χ0) is 16.3. The molecule has 0 aromatic heterocycles. The third kappa shape index (κ3) is 3.45. The van der Waals surface area contributed by atoms with Gasteiger partial charge in [-0.2, -0.15) is 4.31 Å². The molecule has 23 heavy (non-hydrogen) atoms. The third-order valence-electron chi connectivity index (χ3n) is 5.01. The zero-order valence-corrected chi connectivity index (χ0v) is 14.2. The van der Waals surface area contributed by atoms with Crippen molar-refractivity contribution < 1.29 is 8.42 Å². The summed E-state index contributed by atoms with van der Waals surface area (Å²) >= 11 is 0. The van der Waals surface area contributed by atoms with Crippen LogP contribution in [0.4, 0.5) is 0 Å². The number of terminal acetylenes is 1. The van der Waals surface area contributed by atoms with Gasteiger partial charge in [-0.3, -0.25) is 4.90 Å². The Kier molecular flexibility index (Phi) is 5.05. The summed E-state index contributed by atoms with van der Waals surface area (Å²) in [4.78, 5) is 2.81. The monoisotopic (exact) mass is 332 g/mol. The molecule has 3 rings (SSSR count). The Hall–Kier alpha value is -1.35. The van der Waals surface area contributed by atoms with Crippen molar-refractivity contribution in [1.29, 1.82) is 0 Å². The summed E-state index contributed by atoms with van der Waals surface area (Å²) in [5.74, 6) is 2.91. The second kappa shape index (κ2) is 7.04. The van der Waals surface area contributed by atoms with Crippen LogP contribution in [0.3, 0.4) is 0 Å². The number of rotatable bonds is 3. The molecule has 0 aliphatic carbocycles. The predicted molar refractivity (Wildman–Crippen MR) is 91.4 cm³/mol. The van der Waals surface area contributed by atoms with Gasteiger partial charge in [0.15, 0.2) is 0 Å². The van der Waals surface area contributed by atoms with Gasteiger partial charge in [-0.15, -0.1) is 6.42 Å². The molecule has 124 valence electrons. The first-order chi connectivity index (χ1) is 11.1. The van der Waals surface area contributed by atoms with E-state index in [9.17, 15) is 8.42 Å². The third-order valence-corrected chi connectivity index (χ3v) is 6.92. The standard InChI is InChI=1S/C18H24N2O2S/c1-2-16-8-6-7-13-20(16)17-11-14-19(15-12-17)23(21,22)18-9-4-3-5-10-18/h1,3-5,9-10,16-17H,6-8,11-15H2. The van der Waals surface area contributed by atoms with E-state index >= 15 is 0 Å². The molecule has 0 saturated carbocycles. The van der Waals surface area contributed by atoms with Gasteiger partial charge in [-0.05, 0) is 50.8 Å². The molecule has 1 aromatic rings. The number of nitrogens with zero attached hydrogens (tertiary/aromatic N) is 2. The molecule has 0 spiro atoms. The summed E-state index contributed by atoms with van der Waals surface area (Å²) in [6, 6.07) is 9.35. The van der Waals surface area contributed by atoms with Gasteiger partial charge < -0.3 is 0 Å². The summed E-state index contributed by atoms with van der Waals surface area (Å²) in [5, 5.41) is 0. The van der Waals surface area contributed by atoms with Crippen LogP contribution in [-0.4, -0.2) is 49.3 Å². The smallest absolute Gasteiger partial charge is 0.243 e. The van der Waals surface area contributed by atoms with Crippen LogP contribution in [-0.2, 0) is 10.0 Å². The maximum atomic E-state index is 12.7. The number of hydrogen-bond acceptors (Lipinski definition) is 3. The van der Waals surface area contributed by atoms with Crippen LogP contribution in [0.25, 0.3) is 0 Å². The Morgan fingerprint density at radius 1 is 1.00 bits per heavy atom. The lowest BCUT2D eigenvalue weighted by atomic mass is 9.96. The lowest BCUT2D eigenvalue weighted by Gasteiger charge is -2.42. The van der Waals surface area contributed by atoms with Crippen molar-refractivity contribution in [2.24, 2.45) is 0 Å². The van der Waals surface area contributed by atoms with Crippen molar-refractivity contribution in [3.8, 4) is 12.3 Å². The molecule has 2 aliphatic heterocycles. The minimum atomic E-state index is -3.36. The van der Waals surface area contributed by atoms with Crippen molar-refractivity contribution in [1.82, 2.24) is 9.21 Å². The fraction of sp³-hybridized carbons (Fsp3) is 0.556. The van der Waals surface area contributed by atoms with Gasteiger partial charge in [-0.25, -0.2) is 8.42 Å². The SMILES string of the molecule is C#CC1CCCCN1C1CCN(S(=O)(=O)c2ccccc2)CC1. The molecule has 2 fully saturated rings. The highest BCUT2D eigenvalue weighted by molar-refractivity contribution is 7.89. The van der Waals surface area contributed by atoms with Crippen molar-refractivity contribution >= 4 is 10.0 Å². The Bertz CT molecular complexity index is 658. The van der Waals surface area contributed by atoms with E-state index in [1.807, 2.05) is 6.07 Å². The quantitative estimate of drug-likeness (QED) is 0.798. The first-order valence-corrected chi connectivity index (χ1v) is 9.84. The summed E-state index contributed by atoms with van der Waals surface area (Å²) in [6.45, 7) is 2.20. The van der Waals surface area contributed by atoms with Gasteiger partial charge in [0.1, 0.15) is 0 Å². The Morgan fingerprint density at radius 3 is 2.35 bits per heavy atom. The zero-order valence-electron chi connectivity index (χ0n) is 13.4. The first kappa shape index (κ1) is 16.5. The number of hydrogen-bond donors (Lipinski definition) is 0. The van der Waals surface area contributed by atoms with Crippen molar-refractivity contribution in [3.05, 3.63) is 30.3 Å². The number of piperidine rings is 2. The molecule has 0 radical (unpaired) electrons. The molecule has 1 unspecified atom stereocenters. The molecule has 1 atom stereocenters. The van der Waals surface area contributed by atoms with E-state index in [4.69, 9.17) is 6.42 Å². The van der Waals surface area contributed by atoms with Crippen molar-refractivity contribution in [3.63, 3.8) is 0 Å². The van der Waals surface area contributed by atoms with Crippen molar-refractivity contribution in [2.75, 3.05) is 19.6 Å². The molecule has 5 heteroatoms. The average Bonchev–Trinajstić information content (AvgIpc) is 2.62. The van der Waals surface area contributed by atoms with Crippen LogP contribution < -0.4 is 0 Å². The van der Waals surface area contributed by atoms with Crippen LogP contribution in [0.15, 0.2) is 35.2 Å². The highest BCUT2D eigenvalue weighted by Gasteiger charge is 2.34. The Morgan fingerprint density at radius 2 is 1.70 bits per heavy atom. The van der Waals surface area contributed by atoms with E-state index in [0.717, 1.165) is 25.8 Å². The fourth-order valence-corrected chi connectivity index (χ4v) is 5.22. The lowest BCUT2D eigenvalue weighted by molar-refractivity contribution is 0.0903. The number of sulfonamides is 1. The summed E-state index contributed by atoms with van der Waals surface area (Å²) < 4.78 is 27.0. The van der Waals surface area contributed by atoms with Crippen LogP contribution in [0.2, 0.25) is 0 Å². The minimum absolute atomic E-state index is 0.228. The molecule has 2 aliphatic rings. The Balaban J connectivity index is 1.66. The van der Waals surface area contributed by atoms with Gasteiger partial charge in [0.25, 0.3) is 0 Å². The summed E-state index contributed by atoms with van der Waals surface area (Å²) in [6.07, 6.45) is 10.9. The average molecular weight is 332 g/mol. The summed E-state index contributed by atoms with van der Waals surface area (Å²) in [7, 11) is -3.36. The highest BCUT2D eigenvalue weighted by Crippen LogP contribution is 2.27. The molecule has 2 saturated heterocycles. The van der Waals surface area contributed by atoms with Gasteiger partial charge in [0.2, 0.25) is 10.0 Å². The minimum Gasteiger partial charge on any atom is -0.287 e. The molecule has 0 N–H and O–H groups in total. The molecule has 1 aromatic carbocycles. The predicted octanol–water partition coefficient (Wildman–Crippen LogP) is 2.33. The molecule has 0 bridgehead atoms. The molecule has 2 heterocycles. The largest absolute Gasteiger partial charge is 0.287 e. The van der Waals surface area contributed by atoms with Gasteiger partial charge in [0.05, 0.1) is 10.9 Å². The van der Waals surface area contributed by atoms with E-state index in [-0.39, 0.29) is 6.04 Å². The van der Waals surface area contributed by atoms with E-state index < -0.39 is 10.0 Å². The number of benzene rings is 1. The highest BCUT2D eigenvalue weighted by atomic mass is 32.2. The van der Waals surface area contributed by atoms with Crippen molar-refractivity contribution in [2.45, 2.75) is 49.1 Å². The lowest BCUT2D eigenvalue weighted by Crippen LogP contribution is -2.51. The van der Waals surface area contributed by atoms with E-state index in [2.05, 4.69) is 10.8 Å². The number of likely N-dealkylation sites (tertiary alicyclic amines) is 1. The van der Waals surface area contributed by atoms with Crippen LogP contribution in [0, 0.1) is 12.3 Å². The molecular formula is C18H24N2O2S. The summed E-state index contributed by atoms with van der Waals surface area (Å²) in [5.41, 5.74) is 0. The van der Waals surface area contributed by atoms with Gasteiger partial charge in [-0.1, -0.05) is 24.1 Å². The van der Waals surface area contributed by atoms with E-state index in [0.29, 0.717) is 24.0 Å². The molecular weight excluding hydrogens is 308 g/mol. The maximum absolute atomic E-state index is 12.7. The van der Waals surface area contributed by atoms with Gasteiger partial charge in [0, 0.05) is 19.1 Å². The van der Waals surface area contributed by atoms with Crippen LogP contribution >= 0.6 is 0 Å². The second-order valence-electron chi connectivity index (χ2n) is 6.36. The normalized spacial score (nSPS) is 25.1. The molecule has 4 nitrogen and oxygen atoms in total. The Labute approximate surface area is 139 Å². The molecule has 0 amide bonds. The topological polar surface area (TPSA) is 40.6 Å². The van der Waals surface area contributed by atoms with Gasteiger partial charge >= 0.3 is 0 Å². The van der Waals surface area contributed by atoms with E-state index in [1.54, 1.807) is 28.6 Å². The first-order valence-electron chi connectivity index (χ1n) is 8.40. The fourth-order valence-electron chi connectivity index (χ4n) is 3.73.